The maximum Gasteiger partial charge on any atom is 0.167 e. The topological polar surface area (TPSA) is 30.0 Å². The molecule has 0 amide bonds. The smallest absolute Gasteiger partial charge is 0.167 e. The summed E-state index contributed by atoms with van der Waals surface area (Å²) in [5.41, 5.74) is 3.83. The van der Waals surface area contributed by atoms with Crippen molar-refractivity contribution in [3.63, 3.8) is 0 Å². The van der Waals surface area contributed by atoms with Crippen LogP contribution in [0.1, 0.15) is 28.0 Å². The number of benzene rings is 1. The Balaban J connectivity index is 2.08. The molecular formula is C15H11NO. The van der Waals surface area contributed by atoms with Gasteiger partial charge in [-0.15, -0.1) is 0 Å². The van der Waals surface area contributed by atoms with Crippen molar-refractivity contribution in [2.45, 2.75) is 6.42 Å². The predicted octanol–water partition coefficient (Wildman–Crippen LogP) is 3.21. The fraction of sp³-hybridized carbons (Fsp3) is 0.0667. The first-order valence-corrected chi connectivity index (χ1v) is 5.59. The van der Waals surface area contributed by atoms with Crippen molar-refractivity contribution in [2.24, 2.45) is 0 Å². The second kappa shape index (κ2) is 3.98. The monoisotopic (exact) mass is 221 g/mol. The average molecular weight is 221 g/mol. The van der Waals surface area contributed by atoms with Crippen molar-refractivity contribution in [1.82, 2.24) is 4.98 Å². The van der Waals surface area contributed by atoms with Gasteiger partial charge >= 0.3 is 0 Å². The van der Waals surface area contributed by atoms with Gasteiger partial charge in [0.1, 0.15) is 0 Å². The molecule has 0 atom stereocenters. The molecule has 0 bridgehead atoms. The van der Waals surface area contributed by atoms with Crippen LogP contribution in [-0.4, -0.2) is 10.8 Å². The summed E-state index contributed by atoms with van der Waals surface area (Å²) in [6, 6.07) is 13.5. The number of carbonyl (C=O) groups excluding carboxylic acids is 1. The van der Waals surface area contributed by atoms with E-state index in [1.807, 2.05) is 48.5 Å². The molecule has 1 heterocycles. The van der Waals surface area contributed by atoms with Crippen molar-refractivity contribution >= 4 is 17.4 Å². The third-order valence-corrected chi connectivity index (χ3v) is 2.93. The first kappa shape index (κ1) is 9.97. The van der Waals surface area contributed by atoms with Crippen molar-refractivity contribution < 1.29 is 4.79 Å². The number of rotatable bonds is 1. The number of fused-ring (bicyclic) bond motifs is 1. The number of aromatic nitrogens is 1. The van der Waals surface area contributed by atoms with Crippen molar-refractivity contribution in [2.75, 3.05) is 0 Å². The summed E-state index contributed by atoms with van der Waals surface area (Å²) < 4.78 is 0. The van der Waals surface area contributed by atoms with Crippen molar-refractivity contribution in [1.29, 1.82) is 0 Å². The van der Waals surface area contributed by atoms with Crippen LogP contribution in [0.15, 0.2) is 48.7 Å². The second-order valence-electron chi connectivity index (χ2n) is 4.07. The molecule has 0 radical (unpaired) electrons. The van der Waals surface area contributed by atoms with Gasteiger partial charge in [-0.25, -0.2) is 0 Å². The summed E-state index contributed by atoms with van der Waals surface area (Å²) in [4.78, 5) is 16.1. The minimum atomic E-state index is 0.197. The van der Waals surface area contributed by atoms with Crippen LogP contribution >= 0.6 is 0 Å². The third-order valence-electron chi connectivity index (χ3n) is 2.93. The van der Waals surface area contributed by atoms with E-state index >= 15 is 0 Å². The molecule has 1 aromatic carbocycles. The van der Waals surface area contributed by atoms with E-state index in [1.54, 1.807) is 6.20 Å². The van der Waals surface area contributed by atoms with E-state index in [0.29, 0.717) is 6.42 Å². The molecule has 2 heteroatoms. The van der Waals surface area contributed by atoms with Crippen molar-refractivity contribution in [3.8, 4) is 0 Å². The Morgan fingerprint density at radius 3 is 2.53 bits per heavy atom. The summed E-state index contributed by atoms with van der Waals surface area (Å²) in [6.45, 7) is 0. The van der Waals surface area contributed by atoms with Crippen LogP contribution in [0.5, 0.6) is 0 Å². The number of pyridine rings is 1. The molecule has 0 fully saturated rings. The maximum absolute atomic E-state index is 11.8. The molecule has 0 N–H and O–H groups in total. The van der Waals surface area contributed by atoms with Crippen LogP contribution in [0.25, 0.3) is 11.6 Å². The van der Waals surface area contributed by atoms with Crippen LogP contribution in [0.2, 0.25) is 0 Å². The number of hydrogen-bond donors (Lipinski definition) is 0. The molecule has 1 aliphatic rings. The molecule has 1 aliphatic carbocycles. The number of Topliss-reactive ketones (excluding diaryl/α,β-unsaturated/α-hetero) is 1. The summed E-state index contributed by atoms with van der Waals surface area (Å²) in [5, 5.41) is 0. The van der Waals surface area contributed by atoms with Gasteiger partial charge in [-0.05, 0) is 29.3 Å². The normalized spacial score (nSPS) is 16.2. The standard InChI is InChI=1S/C15H11NO/c17-15-10-11(9-12-5-3-4-8-16-12)13-6-1-2-7-14(13)15/h1-9H,10H2. The third kappa shape index (κ3) is 1.78. The molecule has 82 valence electrons. The van der Waals surface area contributed by atoms with Crippen LogP contribution in [0.3, 0.4) is 0 Å². The van der Waals surface area contributed by atoms with Gasteiger partial charge in [0.2, 0.25) is 0 Å². The van der Waals surface area contributed by atoms with E-state index in [4.69, 9.17) is 0 Å². The molecule has 1 aromatic heterocycles. The Morgan fingerprint density at radius 1 is 1.00 bits per heavy atom. The van der Waals surface area contributed by atoms with Gasteiger partial charge < -0.3 is 0 Å². The molecule has 2 aromatic rings. The zero-order chi connectivity index (χ0) is 11.7. The minimum absolute atomic E-state index is 0.197. The van der Waals surface area contributed by atoms with Gasteiger partial charge in [-0.2, -0.15) is 0 Å². The van der Waals surface area contributed by atoms with Crippen LogP contribution < -0.4 is 0 Å². The lowest BCUT2D eigenvalue weighted by molar-refractivity contribution is 0.100. The Bertz CT molecular complexity index is 599. The highest BCUT2D eigenvalue weighted by Gasteiger charge is 2.23. The Kier molecular flexibility index (Phi) is 2.33. The molecular weight excluding hydrogens is 210 g/mol. The number of hydrogen-bond acceptors (Lipinski definition) is 2. The average Bonchev–Trinajstić information content (AvgIpc) is 2.69. The zero-order valence-corrected chi connectivity index (χ0v) is 9.26. The zero-order valence-electron chi connectivity index (χ0n) is 9.26. The lowest BCUT2D eigenvalue weighted by Gasteiger charge is -1.99. The molecule has 0 unspecified atom stereocenters. The predicted molar refractivity (Wildman–Crippen MR) is 67.5 cm³/mol. The summed E-state index contributed by atoms with van der Waals surface area (Å²) >= 11 is 0. The molecule has 0 saturated heterocycles. The van der Waals surface area contributed by atoms with Crippen LogP contribution in [0, 0.1) is 0 Å². The van der Waals surface area contributed by atoms with Crippen LogP contribution in [0.4, 0.5) is 0 Å². The summed E-state index contributed by atoms with van der Waals surface area (Å²) in [6.07, 6.45) is 4.23. The van der Waals surface area contributed by atoms with Gasteiger partial charge in [0.15, 0.2) is 5.78 Å². The Morgan fingerprint density at radius 2 is 1.76 bits per heavy atom. The van der Waals surface area contributed by atoms with Gasteiger partial charge in [0, 0.05) is 18.2 Å². The summed E-state index contributed by atoms with van der Waals surface area (Å²) in [5.74, 6) is 0.197. The highest BCUT2D eigenvalue weighted by molar-refractivity contribution is 6.14. The van der Waals surface area contributed by atoms with Crippen molar-refractivity contribution in [3.05, 3.63) is 65.5 Å². The lowest BCUT2D eigenvalue weighted by Crippen LogP contribution is -1.88. The molecule has 3 rings (SSSR count). The first-order chi connectivity index (χ1) is 8.34. The highest BCUT2D eigenvalue weighted by Crippen LogP contribution is 2.32. The van der Waals surface area contributed by atoms with E-state index in [0.717, 1.165) is 22.4 Å². The SMILES string of the molecule is O=C1CC(=Cc2ccccn2)c2ccccc21. The molecule has 0 aliphatic heterocycles. The number of allylic oxidation sites excluding steroid dienone is 1. The number of carbonyl (C=O) groups is 1. The van der Waals surface area contributed by atoms with Gasteiger partial charge in [0.05, 0.1) is 5.69 Å². The first-order valence-electron chi connectivity index (χ1n) is 5.59. The summed E-state index contributed by atoms with van der Waals surface area (Å²) in [7, 11) is 0. The van der Waals surface area contributed by atoms with E-state index in [1.165, 1.54) is 0 Å². The Labute approximate surface area is 99.6 Å². The second-order valence-corrected chi connectivity index (χ2v) is 4.07. The molecule has 2 nitrogen and oxygen atoms in total. The Hall–Kier alpha value is -2.22. The fourth-order valence-corrected chi connectivity index (χ4v) is 2.14. The van der Waals surface area contributed by atoms with Crippen LogP contribution in [-0.2, 0) is 0 Å². The van der Waals surface area contributed by atoms with E-state index in [9.17, 15) is 4.79 Å². The lowest BCUT2D eigenvalue weighted by atomic mass is 10.1. The van der Waals surface area contributed by atoms with Gasteiger partial charge in [-0.3, -0.25) is 9.78 Å². The fourth-order valence-electron chi connectivity index (χ4n) is 2.14. The number of nitrogens with zero attached hydrogens (tertiary/aromatic N) is 1. The van der Waals surface area contributed by atoms with E-state index < -0.39 is 0 Å². The molecule has 0 saturated carbocycles. The van der Waals surface area contributed by atoms with Gasteiger partial charge in [0.25, 0.3) is 0 Å². The molecule has 0 spiro atoms. The highest BCUT2D eigenvalue weighted by atomic mass is 16.1. The minimum Gasteiger partial charge on any atom is -0.294 e. The van der Waals surface area contributed by atoms with E-state index in [2.05, 4.69) is 4.98 Å². The van der Waals surface area contributed by atoms with Gasteiger partial charge in [-0.1, -0.05) is 30.3 Å². The maximum atomic E-state index is 11.8. The quantitative estimate of drug-likeness (QED) is 0.740. The van der Waals surface area contributed by atoms with E-state index in [-0.39, 0.29) is 5.78 Å². The number of ketones is 1. The largest absolute Gasteiger partial charge is 0.294 e. The molecule has 17 heavy (non-hydrogen) atoms.